The van der Waals surface area contributed by atoms with Crippen LogP contribution in [0.4, 0.5) is 0 Å². The number of hydrogen-bond donors (Lipinski definition) is 0. The molecule has 2 aromatic carbocycles. The Morgan fingerprint density at radius 2 is 1.61 bits per heavy atom. The van der Waals surface area contributed by atoms with Crippen molar-refractivity contribution in [1.82, 2.24) is 0 Å². The summed E-state index contributed by atoms with van der Waals surface area (Å²) < 4.78 is 0. The summed E-state index contributed by atoms with van der Waals surface area (Å²) in [7, 11) is 0.750. The fourth-order valence-electron chi connectivity index (χ4n) is 3.48. The van der Waals surface area contributed by atoms with Crippen molar-refractivity contribution in [3.05, 3.63) is 83.0 Å². The Kier molecular flexibility index (Phi) is 11.5. The minimum absolute atomic E-state index is 0. The van der Waals surface area contributed by atoms with Crippen molar-refractivity contribution in [3.8, 4) is 11.1 Å². The first kappa shape index (κ1) is 27.6. The van der Waals surface area contributed by atoms with E-state index in [0.717, 1.165) is 15.9 Å². The molecule has 146 valence electrons. The molecule has 1 unspecified atom stereocenters. The third-order valence-electron chi connectivity index (χ3n) is 4.79. The fraction of sp³-hybridized carbons (Fsp3) is 0.333. The predicted octanol–water partition coefficient (Wildman–Crippen LogP) is 0.208. The van der Waals surface area contributed by atoms with Gasteiger partial charge in [-0.1, -0.05) is 87.5 Å². The van der Waals surface area contributed by atoms with Crippen LogP contribution in [0.15, 0.2) is 60.2 Å². The first-order valence-corrected chi connectivity index (χ1v) is 11.5. The predicted molar refractivity (Wildman–Crippen MR) is 112 cm³/mol. The molecule has 0 bridgehead atoms. The molecule has 0 saturated heterocycles. The largest absolute Gasteiger partial charge is 3.00 e. The maximum Gasteiger partial charge on any atom is 3.00 e. The summed E-state index contributed by atoms with van der Waals surface area (Å²) in [6.07, 6.45) is 7.99. The summed E-state index contributed by atoms with van der Waals surface area (Å²) in [5, 5.41) is 0. The van der Waals surface area contributed by atoms with Gasteiger partial charge in [0.2, 0.25) is 0 Å². The monoisotopic (exact) mass is 504 g/mol. The molecule has 4 heteroatoms. The average Bonchev–Trinajstić information content (AvgIpc) is 3.19. The molecule has 0 aromatic heterocycles. The fourth-order valence-corrected chi connectivity index (χ4v) is 3.48. The molecule has 2 aromatic rings. The molecule has 0 saturated carbocycles. The number of fused-ring (bicyclic) bond motifs is 3. The van der Waals surface area contributed by atoms with Crippen molar-refractivity contribution in [2.45, 2.75) is 46.2 Å². The second kappa shape index (κ2) is 11.7. The van der Waals surface area contributed by atoms with E-state index in [-0.39, 0.29) is 56.4 Å². The van der Waals surface area contributed by atoms with Gasteiger partial charge in [-0.3, -0.25) is 0 Å². The second-order valence-electron chi connectivity index (χ2n) is 7.97. The van der Waals surface area contributed by atoms with Gasteiger partial charge in [-0.05, 0) is 23.3 Å². The van der Waals surface area contributed by atoms with E-state index in [0.29, 0.717) is 5.92 Å². The van der Waals surface area contributed by atoms with Crippen molar-refractivity contribution < 1.29 is 51.0 Å². The third kappa shape index (κ3) is 6.05. The second-order valence-corrected chi connectivity index (χ2v) is 9.13. The van der Waals surface area contributed by atoms with Crippen molar-refractivity contribution in [2.75, 3.05) is 0 Å². The van der Waals surface area contributed by atoms with Crippen LogP contribution in [0.5, 0.6) is 0 Å². The molecule has 2 aliphatic rings. The molecule has 0 spiro atoms. The van der Waals surface area contributed by atoms with Crippen LogP contribution in [0.3, 0.4) is 0 Å². The topological polar surface area (TPSA) is 0 Å². The maximum atomic E-state index is 3.69. The quantitative estimate of drug-likeness (QED) is 0.327. The Bertz CT molecular complexity index is 835. The van der Waals surface area contributed by atoms with Gasteiger partial charge < -0.3 is 24.8 Å². The van der Waals surface area contributed by atoms with Crippen LogP contribution in [0.2, 0.25) is 13.1 Å². The van der Waals surface area contributed by atoms with Crippen molar-refractivity contribution in [1.29, 1.82) is 0 Å². The van der Waals surface area contributed by atoms with Crippen LogP contribution in [-0.4, -0.2) is 9.52 Å². The van der Waals surface area contributed by atoms with E-state index in [1.165, 1.54) is 33.4 Å². The maximum absolute atomic E-state index is 3.69. The molecule has 0 aliphatic heterocycles. The molecule has 4 rings (SSSR count). The standard InChI is InChI=1S/C22H21.C2H7Si.2ClH.Zr/c1-22(2,3)19-10-8-16(14-19)15-9-11-21-18(12-15)13-17-6-4-5-7-20(17)21;1-3-2;;;/h4-11,14,16H,13H2,1-3H3;3H,1-2H3;2*1H;/q-1;;;;+3/p-2. The van der Waals surface area contributed by atoms with Gasteiger partial charge in [0, 0.05) is 9.52 Å². The summed E-state index contributed by atoms with van der Waals surface area (Å²) in [6, 6.07) is 16.9. The minimum atomic E-state index is 0. The number of allylic oxidation sites excluding steroid dienone is 4. The normalized spacial score (nSPS) is 15.6. The number of hydrogen-bond acceptors (Lipinski definition) is 0. The van der Waals surface area contributed by atoms with Crippen LogP contribution in [-0.2, 0) is 32.6 Å². The van der Waals surface area contributed by atoms with E-state index in [1.807, 2.05) is 0 Å². The number of halogens is 2. The van der Waals surface area contributed by atoms with Gasteiger partial charge in [-0.2, -0.15) is 23.8 Å². The first-order chi connectivity index (χ1) is 11.9. The van der Waals surface area contributed by atoms with Crippen LogP contribution in [0, 0.1) is 11.5 Å². The van der Waals surface area contributed by atoms with Gasteiger partial charge in [0.1, 0.15) is 0 Å². The Morgan fingerprint density at radius 3 is 2.21 bits per heavy atom. The molecule has 2 aliphatic carbocycles. The molecule has 0 fully saturated rings. The van der Waals surface area contributed by atoms with Gasteiger partial charge in [0.05, 0.1) is 0 Å². The molecule has 0 amide bonds. The van der Waals surface area contributed by atoms with Gasteiger partial charge in [0.25, 0.3) is 0 Å². The minimum Gasteiger partial charge on any atom is -1.00 e. The summed E-state index contributed by atoms with van der Waals surface area (Å²) in [5.74, 6) is 0.378. The van der Waals surface area contributed by atoms with E-state index in [1.54, 1.807) is 0 Å². The van der Waals surface area contributed by atoms with Crippen LogP contribution in [0.25, 0.3) is 11.1 Å². The van der Waals surface area contributed by atoms with E-state index in [2.05, 4.69) is 94.6 Å². The third-order valence-corrected chi connectivity index (χ3v) is 4.79. The molecular formula is C24H28Cl2SiZr. The smallest absolute Gasteiger partial charge is 1.00 e. The summed E-state index contributed by atoms with van der Waals surface area (Å²) in [6.45, 7) is 11.2. The molecule has 1 atom stereocenters. The van der Waals surface area contributed by atoms with E-state index in [9.17, 15) is 0 Å². The zero-order valence-corrected chi connectivity index (χ0v) is 22.4. The first-order valence-electron chi connectivity index (χ1n) is 9.22. The van der Waals surface area contributed by atoms with Gasteiger partial charge in [0.15, 0.2) is 0 Å². The van der Waals surface area contributed by atoms with Gasteiger partial charge in [-0.15, -0.1) is 11.1 Å². The number of rotatable bonds is 1. The molecular weight excluding hydrogens is 478 g/mol. The Labute approximate surface area is 205 Å². The van der Waals surface area contributed by atoms with Crippen LogP contribution in [0.1, 0.15) is 43.4 Å². The van der Waals surface area contributed by atoms with Gasteiger partial charge in [-0.25, -0.2) is 0 Å². The van der Waals surface area contributed by atoms with E-state index in [4.69, 9.17) is 0 Å². The summed E-state index contributed by atoms with van der Waals surface area (Å²) in [4.78, 5) is 0. The SMILES string of the molecule is CC(C)(C)C1=CC(c2[c-]c3c(cc2)-c2ccccc2C3)C=C1.C[SiH]C.[Cl-].[Cl-].[Zr+3]. The van der Waals surface area contributed by atoms with E-state index < -0.39 is 0 Å². The number of benzene rings is 2. The van der Waals surface area contributed by atoms with Crippen LogP contribution < -0.4 is 24.8 Å². The van der Waals surface area contributed by atoms with Crippen molar-refractivity contribution in [2.24, 2.45) is 5.41 Å². The molecule has 2 radical (unpaired) electrons. The molecule has 0 heterocycles. The Balaban J connectivity index is 0.00000115. The van der Waals surface area contributed by atoms with E-state index >= 15 is 0 Å². The molecule has 0 N–H and O–H groups in total. The molecule has 0 nitrogen and oxygen atoms in total. The summed E-state index contributed by atoms with van der Waals surface area (Å²) >= 11 is 0. The zero-order chi connectivity index (χ0) is 18.0. The summed E-state index contributed by atoms with van der Waals surface area (Å²) in [5.41, 5.74) is 8.47. The zero-order valence-electron chi connectivity index (χ0n) is 17.3. The Morgan fingerprint density at radius 1 is 0.964 bits per heavy atom. The Hall–Kier alpha value is -0.400. The van der Waals surface area contributed by atoms with Crippen LogP contribution >= 0.6 is 0 Å². The molecule has 28 heavy (non-hydrogen) atoms. The van der Waals surface area contributed by atoms with Gasteiger partial charge >= 0.3 is 26.2 Å². The van der Waals surface area contributed by atoms with Crippen molar-refractivity contribution >= 4 is 9.52 Å². The van der Waals surface area contributed by atoms with Crippen molar-refractivity contribution in [3.63, 3.8) is 0 Å². The average molecular weight is 507 g/mol.